The van der Waals surface area contributed by atoms with Crippen LogP contribution in [0.5, 0.6) is 0 Å². The van der Waals surface area contributed by atoms with E-state index in [-0.39, 0.29) is 17.1 Å². The molecular formula is C16H8Cl2O3. The number of carbonyl (C=O) groups is 2. The van der Waals surface area contributed by atoms with Gasteiger partial charge in [0.15, 0.2) is 5.78 Å². The number of esters is 1. The summed E-state index contributed by atoms with van der Waals surface area (Å²) in [6, 6.07) is 11.5. The lowest BCUT2D eigenvalue weighted by atomic mass is 10.1. The minimum Gasteiger partial charge on any atom is -0.422 e. The van der Waals surface area contributed by atoms with E-state index in [0.29, 0.717) is 21.2 Å². The minimum atomic E-state index is -0.471. The number of allylic oxidation sites excluding steroid dienone is 1. The van der Waals surface area contributed by atoms with Gasteiger partial charge in [0.05, 0.1) is 10.6 Å². The average Bonchev–Trinajstić information content (AvgIpc) is 2.78. The standard InChI is InChI=1S/C16H8Cl2O3/c17-9-5-6-13(18)12(7-9)14(19)8-15-10-3-1-2-4-11(10)16(20)21-15/h1-8H. The quantitative estimate of drug-likeness (QED) is 0.468. The van der Waals surface area contributed by atoms with Crippen molar-refractivity contribution in [3.8, 4) is 0 Å². The molecule has 1 aliphatic rings. The van der Waals surface area contributed by atoms with E-state index in [1.807, 2.05) is 0 Å². The molecule has 0 spiro atoms. The van der Waals surface area contributed by atoms with Gasteiger partial charge in [-0.2, -0.15) is 0 Å². The van der Waals surface area contributed by atoms with Gasteiger partial charge in [-0.3, -0.25) is 4.79 Å². The minimum absolute atomic E-state index is 0.219. The number of carbonyl (C=O) groups excluding carboxylic acids is 2. The number of halogens is 2. The van der Waals surface area contributed by atoms with E-state index >= 15 is 0 Å². The van der Waals surface area contributed by atoms with Gasteiger partial charge in [0.25, 0.3) is 0 Å². The Bertz CT molecular complexity index is 794. The maximum absolute atomic E-state index is 12.3. The molecule has 1 heterocycles. The van der Waals surface area contributed by atoms with Crippen molar-refractivity contribution in [1.29, 1.82) is 0 Å². The van der Waals surface area contributed by atoms with Crippen LogP contribution < -0.4 is 0 Å². The Hall–Kier alpha value is -2.10. The highest BCUT2D eigenvalue weighted by molar-refractivity contribution is 6.36. The Kier molecular flexibility index (Phi) is 3.53. The van der Waals surface area contributed by atoms with Gasteiger partial charge in [-0.1, -0.05) is 41.4 Å². The first-order chi connectivity index (χ1) is 10.1. The smallest absolute Gasteiger partial charge is 0.344 e. The van der Waals surface area contributed by atoms with Crippen LogP contribution in [0.15, 0.2) is 48.5 Å². The summed E-state index contributed by atoms with van der Waals surface area (Å²) in [4.78, 5) is 24.0. The summed E-state index contributed by atoms with van der Waals surface area (Å²) in [5.41, 5.74) is 1.29. The third-order valence-electron chi connectivity index (χ3n) is 3.07. The van der Waals surface area contributed by atoms with Crippen molar-refractivity contribution in [2.24, 2.45) is 0 Å². The lowest BCUT2D eigenvalue weighted by Crippen LogP contribution is -1.98. The maximum atomic E-state index is 12.3. The molecule has 0 atom stereocenters. The van der Waals surface area contributed by atoms with Crippen LogP contribution in [-0.4, -0.2) is 11.8 Å². The normalized spacial score (nSPS) is 15.0. The van der Waals surface area contributed by atoms with Crippen molar-refractivity contribution in [1.82, 2.24) is 0 Å². The van der Waals surface area contributed by atoms with Gasteiger partial charge in [-0.05, 0) is 24.3 Å². The number of rotatable bonds is 2. The molecule has 2 aromatic rings. The molecule has 104 valence electrons. The zero-order valence-electron chi connectivity index (χ0n) is 10.6. The summed E-state index contributed by atoms with van der Waals surface area (Å²) < 4.78 is 5.12. The molecule has 0 aromatic heterocycles. The maximum Gasteiger partial charge on any atom is 0.344 e. The summed E-state index contributed by atoms with van der Waals surface area (Å²) in [6.07, 6.45) is 1.25. The summed E-state index contributed by atoms with van der Waals surface area (Å²) in [7, 11) is 0. The van der Waals surface area contributed by atoms with E-state index in [9.17, 15) is 9.59 Å². The average molecular weight is 319 g/mol. The third-order valence-corrected chi connectivity index (χ3v) is 3.64. The van der Waals surface area contributed by atoms with Crippen molar-refractivity contribution < 1.29 is 14.3 Å². The largest absolute Gasteiger partial charge is 0.422 e. The van der Waals surface area contributed by atoms with E-state index in [0.717, 1.165) is 0 Å². The van der Waals surface area contributed by atoms with Crippen LogP contribution >= 0.6 is 23.2 Å². The first-order valence-corrected chi connectivity index (χ1v) is 6.84. The van der Waals surface area contributed by atoms with Gasteiger partial charge < -0.3 is 4.74 Å². The predicted molar refractivity (Wildman–Crippen MR) is 80.6 cm³/mol. The van der Waals surface area contributed by atoms with E-state index in [1.54, 1.807) is 36.4 Å². The molecule has 1 aliphatic heterocycles. The highest BCUT2D eigenvalue weighted by Gasteiger charge is 2.26. The van der Waals surface area contributed by atoms with Crippen LogP contribution in [0.3, 0.4) is 0 Å². The van der Waals surface area contributed by atoms with Gasteiger partial charge in [-0.25, -0.2) is 4.79 Å². The fourth-order valence-corrected chi connectivity index (χ4v) is 2.46. The van der Waals surface area contributed by atoms with E-state index < -0.39 is 5.97 Å². The second-order valence-electron chi connectivity index (χ2n) is 4.43. The summed E-state index contributed by atoms with van der Waals surface area (Å²) in [5.74, 6) is -0.625. The van der Waals surface area contributed by atoms with E-state index in [1.165, 1.54) is 12.1 Å². The lowest BCUT2D eigenvalue weighted by Gasteiger charge is -2.02. The van der Waals surface area contributed by atoms with Crippen molar-refractivity contribution >= 4 is 40.7 Å². The SMILES string of the molecule is O=C(C=C1OC(=O)c2ccccc21)c1cc(Cl)ccc1Cl. The van der Waals surface area contributed by atoms with Crippen molar-refractivity contribution in [3.05, 3.63) is 75.3 Å². The predicted octanol–water partition coefficient (Wildman–Crippen LogP) is 4.39. The molecule has 0 aliphatic carbocycles. The molecule has 0 bridgehead atoms. The molecule has 0 saturated carbocycles. The number of ketones is 1. The molecule has 3 rings (SSSR count). The molecule has 0 radical (unpaired) electrons. The van der Waals surface area contributed by atoms with E-state index in [4.69, 9.17) is 27.9 Å². The fraction of sp³-hybridized carbons (Fsp3) is 0. The zero-order chi connectivity index (χ0) is 15.0. The van der Waals surface area contributed by atoms with Gasteiger partial charge in [0, 0.05) is 22.2 Å². The second kappa shape index (κ2) is 5.35. The lowest BCUT2D eigenvalue weighted by molar-refractivity contribution is 0.0715. The Labute approximate surface area is 130 Å². The molecule has 21 heavy (non-hydrogen) atoms. The van der Waals surface area contributed by atoms with Crippen molar-refractivity contribution in [2.75, 3.05) is 0 Å². The summed E-state index contributed by atoms with van der Waals surface area (Å²) in [6.45, 7) is 0. The monoisotopic (exact) mass is 318 g/mol. The number of hydrogen-bond acceptors (Lipinski definition) is 3. The molecule has 3 nitrogen and oxygen atoms in total. The topological polar surface area (TPSA) is 43.4 Å². The van der Waals surface area contributed by atoms with Crippen molar-refractivity contribution in [2.45, 2.75) is 0 Å². The number of hydrogen-bond donors (Lipinski definition) is 0. The van der Waals surface area contributed by atoms with Crippen LogP contribution in [0.4, 0.5) is 0 Å². The highest BCUT2D eigenvalue weighted by Crippen LogP contribution is 2.30. The van der Waals surface area contributed by atoms with Crippen molar-refractivity contribution in [3.63, 3.8) is 0 Å². The molecule has 0 N–H and O–H groups in total. The summed E-state index contributed by atoms with van der Waals surface area (Å²) >= 11 is 11.9. The summed E-state index contributed by atoms with van der Waals surface area (Å²) in [5, 5.41) is 0.698. The Morgan fingerprint density at radius 2 is 1.76 bits per heavy atom. The van der Waals surface area contributed by atoms with Crippen LogP contribution in [-0.2, 0) is 4.74 Å². The Morgan fingerprint density at radius 1 is 1.05 bits per heavy atom. The first-order valence-electron chi connectivity index (χ1n) is 6.09. The molecule has 0 unspecified atom stereocenters. The van der Waals surface area contributed by atoms with Crippen LogP contribution in [0, 0.1) is 0 Å². The van der Waals surface area contributed by atoms with Gasteiger partial charge in [-0.15, -0.1) is 0 Å². The number of ether oxygens (including phenoxy) is 1. The zero-order valence-corrected chi connectivity index (χ0v) is 12.1. The molecule has 0 fully saturated rings. The molecule has 0 saturated heterocycles. The van der Waals surface area contributed by atoms with Crippen LogP contribution in [0.2, 0.25) is 10.0 Å². The van der Waals surface area contributed by atoms with Gasteiger partial charge >= 0.3 is 5.97 Å². The van der Waals surface area contributed by atoms with Gasteiger partial charge in [0.2, 0.25) is 0 Å². The number of benzene rings is 2. The number of cyclic esters (lactones) is 1. The second-order valence-corrected chi connectivity index (χ2v) is 5.28. The molecule has 2 aromatic carbocycles. The molecular weight excluding hydrogens is 311 g/mol. The number of fused-ring (bicyclic) bond motifs is 1. The van der Waals surface area contributed by atoms with E-state index in [2.05, 4.69) is 0 Å². The third kappa shape index (κ3) is 2.58. The van der Waals surface area contributed by atoms with Crippen LogP contribution in [0.25, 0.3) is 5.76 Å². The van der Waals surface area contributed by atoms with Crippen LogP contribution in [0.1, 0.15) is 26.3 Å². The highest BCUT2D eigenvalue weighted by atomic mass is 35.5. The van der Waals surface area contributed by atoms with Gasteiger partial charge in [0.1, 0.15) is 5.76 Å². The molecule has 0 amide bonds. The first kappa shape index (κ1) is 13.9. The Balaban J connectivity index is 2.02. The molecule has 5 heteroatoms. The Morgan fingerprint density at radius 3 is 2.52 bits per heavy atom. The fourth-order valence-electron chi connectivity index (χ4n) is 2.08.